The van der Waals surface area contributed by atoms with Crippen molar-refractivity contribution in [3.05, 3.63) is 223 Å². The van der Waals surface area contributed by atoms with Crippen LogP contribution in [-0.2, 0) is 16.4 Å². The highest BCUT2D eigenvalue weighted by molar-refractivity contribution is 7.90. The lowest BCUT2D eigenvalue weighted by molar-refractivity contribution is 0.590. The van der Waals surface area contributed by atoms with Gasteiger partial charge in [-0.25, -0.2) is 12.4 Å². The fourth-order valence-corrected chi connectivity index (χ4v) is 11.3. The highest BCUT2D eigenvalue weighted by Crippen LogP contribution is 2.40. The van der Waals surface area contributed by atoms with E-state index in [1.807, 2.05) is 55.5 Å². The molecule has 0 N–H and O–H groups in total. The Bertz CT molecular complexity index is 3760. The first-order valence-corrected chi connectivity index (χ1v) is 22.4. The number of rotatable bonds is 4. The Hall–Kier alpha value is -7.67. The van der Waals surface area contributed by atoms with Crippen molar-refractivity contribution in [1.82, 2.24) is 13.1 Å². The number of nitrogens with zero attached hydrogens (tertiary/aromatic N) is 3. The predicted molar refractivity (Wildman–Crippen MR) is 257 cm³/mol. The second-order valence-corrected chi connectivity index (χ2v) is 18.0. The Labute approximate surface area is 359 Å². The van der Waals surface area contributed by atoms with Crippen molar-refractivity contribution in [2.45, 2.75) is 18.2 Å². The van der Waals surface area contributed by atoms with Crippen LogP contribution in [0.15, 0.2) is 211 Å². The summed E-state index contributed by atoms with van der Waals surface area (Å²) in [5, 5.41) is 6.81. The molecule has 1 aliphatic rings. The molecule has 3 heterocycles. The molecule has 12 aromatic rings. The number of fused-ring (bicyclic) bond motifs is 12. The van der Waals surface area contributed by atoms with Crippen LogP contribution in [0, 0.1) is 6.92 Å². The molecule has 3 aromatic heterocycles. The van der Waals surface area contributed by atoms with E-state index in [2.05, 4.69) is 155 Å². The van der Waals surface area contributed by atoms with Crippen LogP contribution in [0.2, 0.25) is 0 Å². The van der Waals surface area contributed by atoms with Crippen LogP contribution in [0.3, 0.4) is 0 Å². The van der Waals surface area contributed by atoms with Crippen molar-refractivity contribution in [2.24, 2.45) is 0 Å². The topological polar surface area (TPSA) is 48.9 Å². The van der Waals surface area contributed by atoms with Gasteiger partial charge in [0.2, 0.25) is 0 Å². The molecule has 62 heavy (non-hydrogen) atoms. The first-order valence-electron chi connectivity index (χ1n) is 21.0. The van der Waals surface area contributed by atoms with Crippen LogP contribution in [0.4, 0.5) is 0 Å². The van der Waals surface area contributed by atoms with Crippen molar-refractivity contribution < 1.29 is 8.42 Å². The highest BCUT2D eigenvalue weighted by atomic mass is 32.2. The van der Waals surface area contributed by atoms with E-state index in [-0.39, 0.29) is 4.90 Å². The molecule has 296 valence electrons. The summed E-state index contributed by atoms with van der Waals surface area (Å²) in [5.74, 6) is 0. The van der Waals surface area contributed by atoms with Crippen LogP contribution >= 0.6 is 0 Å². The Morgan fingerprint density at radius 1 is 0.371 bits per heavy atom. The highest BCUT2D eigenvalue weighted by Gasteiger charge is 2.24. The van der Waals surface area contributed by atoms with Crippen LogP contribution in [0.5, 0.6) is 0 Å². The fourth-order valence-electron chi connectivity index (χ4n) is 9.79. The zero-order valence-electron chi connectivity index (χ0n) is 33.9. The first-order chi connectivity index (χ1) is 30.4. The third-order valence-electron chi connectivity index (χ3n) is 12.6. The van der Waals surface area contributed by atoms with Gasteiger partial charge in [0.25, 0.3) is 10.0 Å². The minimum atomic E-state index is -3.79. The van der Waals surface area contributed by atoms with Crippen LogP contribution in [0.1, 0.15) is 16.7 Å². The molecule has 9 aromatic carbocycles. The molecule has 0 atom stereocenters. The second kappa shape index (κ2) is 13.9. The second-order valence-electron chi connectivity index (χ2n) is 16.2. The molecule has 0 aliphatic heterocycles. The van der Waals surface area contributed by atoms with Crippen molar-refractivity contribution >= 4 is 75.4 Å². The normalized spacial score (nSPS) is 12.3. The largest absolute Gasteiger partial charge is 0.309 e. The fraction of sp³-hybridized carbons (Fsp3) is 0.0357. The van der Waals surface area contributed by atoms with Crippen LogP contribution in [-0.4, -0.2) is 21.5 Å². The Balaban J connectivity index is 0.000000139. The lowest BCUT2D eigenvalue weighted by atomic mass is 10.1. The monoisotopic (exact) mass is 817 g/mol. The summed E-state index contributed by atoms with van der Waals surface area (Å²) in [6, 6.07) is 70.6. The van der Waals surface area contributed by atoms with E-state index < -0.39 is 10.0 Å². The van der Waals surface area contributed by atoms with Gasteiger partial charge in [0.15, 0.2) is 0 Å². The minimum Gasteiger partial charge on any atom is -0.309 e. The van der Waals surface area contributed by atoms with E-state index >= 15 is 0 Å². The molecule has 0 fully saturated rings. The third kappa shape index (κ3) is 5.50. The quantitative estimate of drug-likeness (QED) is 0.178. The maximum atomic E-state index is 13.9. The Morgan fingerprint density at radius 3 is 1.35 bits per heavy atom. The average molecular weight is 818 g/mol. The van der Waals surface area contributed by atoms with Gasteiger partial charge in [-0.1, -0.05) is 139 Å². The molecule has 0 saturated carbocycles. The number of hydrogen-bond acceptors (Lipinski definition) is 2. The van der Waals surface area contributed by atoms with Crippen molar-refractivity contribution in [3.8, 4) is 22.5 Å². The van der Waals surface area contributed by atoms with E-state index in [9.17, 15) is 8.42 Å². The van der Waals surface area contributed by atoms with Crippen LogP contribution in [0.25, 0.3) is 87.9 Å². The van der Waals surface area contributed by atoms with Crippen molar-refractivity contribution in [2.75, 3.05) is 0 Å². The SMILES string of the molecule is Cc1ccc(S(=O)(=O)n2c3ccccc3c3cc(-n4c5ccccc5c5ccccc54)ccc32)cc1.c1ccc2c(c1)Cc1ccc(-n3c4ccccc4c4ccccc43)cc1-2. The van der Waals surface area contributed by atoms with Gasteiger partial charge < -0.3 is 9.13 Å². The van der Waals surface area contributed by atoms with Gasteiger partial charge in [-0.05, 0) is 108 Å². The summed E-state index contributed by atoms with van der Waals surface area (Å²) in [5.41, 5.74) is 15.0. The molecule has 6 heteroatoms. The summed E-state index contributed by atoms with van der Waals surface area (Å²) in [4.78, 5) is 0.280. The van der Waals surface area contributed by atoms with Crippen molar-refractivity contribution in [1.29, 1.82) is 0 Å². The van der Waals surface area contributed by atoms with E-state index in [1.165, 1.54) is 64.5 Å². The minimum absolute atomic E-state index is 0.280. The van der Waals surface area contributed by atoms with Gasteiger partial charge in [-0.2, -0.15) is 0 Å². The number of hydrogen-bond donors (Lipinski definition) is 0. The molecular formula is C56H39N3O2S. The lowest BCUT2D eigenvalue weighted by Gasteiger charge is -2.11. The molecular weight excluding hydrogens is 779 g/mol. The molecule has 0 radical (unpaired) electrons. The predicted octanol–water partition coefficient (Wildman–Crippen LogP) is 13.8. The van der Waals surface area contributed by atoms with Gasteiger partial charge in [-0.15, -0.1) is 0 Å². The molecule has 0 saturated heterocycles. The molecule has 1 aliphatic carbocycles. The number of para-hydroxylation sites is 5. The Kier molecular flexibility index (Phi) is 8.14. The lowest BCUT2D eigenvalue weighted by Crippen LogP contribution is -2.12. The number of benzene rings is 9. The number of aromatic nitrogens is 3. The first kappa shape index (κ1) is 36.2. The molecule has 5 nitrogen and oxygen atoms in total. The van der Waals surface area contributed by atoms with E-state index in [0.717, 1.165) is 39.5 Å². The van der Waals surface area contributed by atoms with Gasteiger partial charge >= 0.3 is 0 Å². The smallest absolute Gasteiger partial charge is 0.268 e. The van der Waals surface area contributed by atoms with Gasteiger partial charge in [0.1, 0.15) is 0 Å². The van der Waals surface area contributed by atoms with Crippen LogP contribution < -0.4 is 0 Å². The van der Waals surface area contributed by atoms with E-state index in [1.54, 1.807) is 12.1 Å². The molecule has 0 unspecified atom stereocenters. The standard InChI is InChI=1S/C31H22N2O2S.C25H17N/c1-21-14-17-23(18-15-21)36(34,35)33-30-13-7-4-10-26(30)27-20-22(16-19-31(27)33)32-28-11-5-2-8-24(28)25-9-3-6-12-29(25)32;1-2-8-20-17(7-1)15-18-13-14-19(16-23(18)20)26-24-11-5-3-9-21(24)22-10-4-6-12-25(22)26/h2-20H,1H3;1-14,16H,15H2. The van der Waals surface area contributed by atoms with Gasteiger partial charge in [0.05, 0.1) is 38.0 Å². The maximum absolute atomic E-state index is 13.9. The number of aryl methyl sites for hydroxylation is 1. The summed E-state index contributed by atoms with van der Waals surface area (Å²) in [7, 11) is -3.79. The van der Waals surface area contributed by atoms with Gasteiger partial charge in [-0.3, -0.25) is 0 Å². The third-order valence-corrected chi connectivity index (χ3v) is 14.4. The molecule has 0 spiro atoms. The summed E-state index contributed by atoms with van der Waals surface area (Å²) < 4.78 is 33.8. The summed E-state index contributed by atoms with van der Waals surface area (Å²) in [6.45, 7) is 1.95. The maximum Gasteiger partial charge on any atom is 0.268 e. The molecule has 0 amide bonds. The van der Waals surface area contributed by atoms with Gasteiger partial charge in [0, 0.05) is 43.7 Å². The molecule has 0 bridgehead atoms. The van der Waals surface area contributed by atoms with Crippen molar-refractivity contribution in [3.63, 3.8) is 0 Å². The summed E-state index contributed by atoms with van der Waals surface area (Å²) >= 11 is 0. The summed E-state index contributed by atoms with van der Waals surface area (Å²) in [6.07, 6.45) is 1.04. The van der Waals surface area contributed by atoms with E-state index in [0.29, 0.717) is 11.0 Å². The Morgan fingerprint density at radius 2 is 0.790 bits per heavy atom. The zero-order valence-corrected chi connectivity index (χ0v) is 34.7. The zero-order chi connectivity index (χ0) is 41.5. The van der Waals surface area contributed by atoms with E-state index in [4.69, 9.17) is 0 Å². The molecule has 13 rings (SSSR count). The average Bonchev–Trinajstić information content (AvgIpc) is 4.06.